The Kier molecular flexibility index (Phi) is 4.89. The van der Waals surface area contributed by atoms with E-state index in [4.69, 9.17) is 5.73 Å². The maximum absolute atomic E-state index is 12.5. The Balaban J connectivity index is 2.17. The summed E-state index contributed by atoms with van der Waals surface area (Å²) in [5, 5.41) is 1.86. The summed E-state index contributed by atoms with van der Waals surface area (Å²) in [4.78, 5) is 1.14. The van der Waals surface area contributed by atoms with E-state index < -0.39 is 10.0 Å². The number of rotatable bonds is 6. The van der Waals surface area contributed by atoms with E-state index in [9.17, 15) is 8.42 Å². The van der Waals surface area contributed by atoms with E-state index in [2.05, 4.69) is 11.6 Å². The lowest BCUT2D eigenvalue weighted by Crippen LogP contribution is -2.36. The van der Waals surface area contributed by atoms with Gasteiger partial charge in [0.25, 0.3) is 0 Å². The zero-order chi connectivity index (χ0) is 14.8. The van der Waals surface area contributed by atoms with Crippen LogP contribution in [0.2, 0.25) is 0 Å². The minimum Gasteiger partial charge on any atom is -0.326 e. The van der Waals surface area contributed by atoms with Crippen LogP contribution in [0.5, 0.6) is 0 Å². The summed E-state index contributed by atoms with van der Waals surface area (Å²) in [6.07, 6.45) is 5.70. The average molecular weight is 316 g/mol. The Hall–Kier alpha value is -0.430. The van der Waals surface area contributed by atoms with Gasteiger partial charge in [-0.25, -0.2) is 13.1 Å². The number of sulfonamides is 1. The second-order valence-corrected chi connectivity index (χ2v) is 8.43. The van der Waals surface area contributed by atoms with Gasteiger partial charge in [-0.15, -0.1) is 11.3 Å². The lowest BCUT2D eigenvalue weighted by Gasteiger charge is -2.27. The van der Waals surface area contributed by atoms with Gasteiger partial charge in [0, 0.05) is 18.0 Å². The van der Waals surface area contributed by atoms with Crippen LogP contribution in [0.25, 0.3) is 0 Å². The highest BCUT2D eigenvalue weighted by Gasteiger charge is 2.34. The van der Waals surface area contributed by atoms with Gasteiger partial charge in [0.2, 0.25) is 10.0 Å². The van der Waals surface area contributed by atoms with Crippen LogP contribution in [0.15, 0.2) is 10.3 Å². The lowest BCUT2D eigenvalue weighted by atomic mass is 9.84. The number of thiophene rings is 1. The second kappa shape index (κ2) is 6.13. The van der Waals surface area contributed by atoms with Crippen molar-refractivity contribution in [3.63, 3.8) is 0 Å². The molecule has 2 rings (SSSR count). The minimum atomic E-state index is -3.45. The van der Waals surface area contributed by atoms with Crippen LogP contribution in [0.3, 0.4) is 0 Å². The molecule has 3 N–H and O–H groups in total. The summed E-state index contributed by atoms with van der Waals surface area (Å²) in [5.41, 5.74) is 6.59. The molecule has 1 aromatic rings. The predicted octanol–water partition coefficient (Wildman–Crippen LogP) is 2.76. The van der Waals surface area contributed by atoms with E-state index in [0.717, 1.165) is 29.7 Å². The van der Waals surface area contributed by atoms with Crippen molar-refractivity contribution < 1.29 is 8.42 Å². The summed E-state index contributed by atoms with van der Waals surface area (Å²) >= 11 is 1.42. The maximum atomic E-state index is 12.5. The topological polar surface area (TPSA) is 72.2 Å². The summed E-state index contributed by atoms with van der Waals surface area (Å²) in [7, 11) is -3.45. The quantitative estimate of drug-likeness (QED) is 0.847. The van der Waals surface area contributed by atoms with E-state index in [0.29, 0.717) is 11.4 Å². The van der Waals surface area contributed by atoms with E-state index in [1.54, 1.807) is 0 Å². The molecule has 0 atom stereocenters. The molecular formula is C14H24N2O2S2. The summed E-state index contributed by atoms with van der Waals surface area (Å²) in [5.74, 6) is 0. The van der Waals surface area contributed by atoms with Gasteiger partial charge in [0.1, 0.15) is 4.90 Å². The first-order chi connectivity index (χ1) is 9.44. The normalized spacial score (nSPS) is 18.6. The Morgan fingerprint density at radius 1 is 1.40 bits per heavy atom. The van der Waals surface area contributed by atoms with Crippen LogP contribution in [0.1, 0.15) is 49.5 Å². The van der Waals surface area contributed by atoms with E-state index in [1.165, 1.54) is 24.2 Å². The third-order valence-corrected chi connectivity index (χ3v) is 7.38. The predicted molar refractivity (Wildman–Crippen MR) is 83.3 cm³/mol. The van der Waals surface area contributed by atoms with Crippen LogP contribution in [0, 0.1) is 12.3 Å². The van der Waals surface area contributed by atoms with Crippen LogP contribution >= 0.6 is 11.3 Å². The molecule has 6 heteroatoms. The highest BCUT2D eigenvalue weighted by atomic mass is 32.2. The van der Waals surface area contributed by atoms with Crippen molar-refractivity contribution in [1.29, 1.82) is 0 Å². The van der Waals surface area contributed by atoms with Crippen LogP contribution in [-0.4, -0.2) is 15.0 Å². The van der Waals surface area contributed by atoms with Crippen LogP contribution in [-0.2, 0) is 16.6 Å². The number of hydrogen-bond donors (Lipinski definition) is 2. The first-order valence-corrected chi connectivity index (χ1v) is 9.57. The molecule has 1 saturated carbocycles. The molecule has 0 aliphatic heterocycles. The smallest absolute Gasteiger partial charge is 0.242 e. The lowest BCUT2D eigenvalue weighted by molar-refractivity contribution is 0.285. The molecule has 0 unspecified atom stereocenters. The second-order valence-electron chi connectivity index (χ2n) is 5.76. The van der Waals surface area contributed by atoms with Crippen molar-refractivity contribution in [2.24, 2.45) is 11.1 Å². The van der Waals surface area contributed by atoms with E-state index in [1.807, 2.05) is 12.3 Å². The molecule has 0 aromatic carbocycles. The summed E-state index contributed by atoms with van der Waals surface area (Å²) < 4.78 is 27.9. The monoisotopic (exact) mass is 316 g/mol. The molecule has 0 radical (unpaired) electrons. The Morgan fingerprint density at radius 2 is 2.05 bits per heavy atom. The Bertz CT molecular complexity index is 558. The zero-order valence-corrected chi connectivity index (χ0v) is 13.9. The van der Waals surface area contributed by atoms with Gasteiger partial charge in [-0.3, -0.25) is 0 Å². The highest BCUT2D eigenvalue weighted by Crippen LogP contribution is 2.40. The van der Waals surface area contributed by atoms with Gasteiger partial charge in [0.05, 0.1) is 0 Å². The molecule has 20 heavy (non-hydrogen) atoms. The standard InChI is InChI=1S/C14H24N2O2S2/c1-3-14(6-4-5-7-14)10-16-20(17,18)13-11(2)9-19-12(13)8-15/h9,16H,3-8,10,15H2,1-2H3. The molecule has 1 fully saturated rings. The summed E-state index contributed by atoms with van der Waals surface area (Å²) in [6.45, 7) is 4.80. The van der Waals surface area contributed by atoms with Crippen molar-refractivity contribution >= 4 is 21.4 Å². The molecule has 1 heterocycles. The molecule has 1 aliphatic carbocycles. The maximum Gasteiger partial charge on any atom is 0.242 e. The molecule has 1 aliphatic rings. The number of nitrogens with two attached hydrogens (primary N) is 1. The number of nitrogens with one attached hydrogen (secondary N) is 1. The van der Waals surface area contributed by atoms with Gasteiger partial charge < -0.3 is 5.73 Å². The fourth-order valence-electron chi connectivity index (χ4n) is 3.09. The van der Waals surface area contributed by atoms with Crippen molar-refractivity contribution in [1.82, 2.24) is 4.72 Å². The Labute approximate surface area is 125 Å². The zero-order valence-electron chi connectivity index (χ0n) is 12.2. The van der Waals surface area contributed by atoms with Crippen LogP contribution < -0.4 is 10.5 Å². The number of hydrogen-bond acceptors (Lipinski definition) is 4. The van der Waals surface area contributed by atoms with E-state index in [-0.39, 0.29) is 12.0 Å². The average Bonchev–Trinajstić information content (AvgIpc) is 3.04. The fourth-order valence-corrected chi connectivity index (χ4v) is 5.95. The minimum absolute atomic E-state index is 0.153. The van der Waals surface area contributed by atoms with Crippen molar-refractivity contribution in [2.45, 2.75) is 57.4 Å². The van der Waals surface area contributed by atoms with Gasteiger partial charge >= 0.3 is 0 Å². The van der Waals surface area contributed by atoms with Crippen molar-refractivity contribution in [3.8, 4) is 0 Å². The molecule has 1 aromatic heterocycles. The van der Waals surface area contributed by atoms with Gasteiger partial charge in [-0.2, -0.15) is 0 Å². The van der Waals surface area contributed by atoms with Crippen LogP contribution in [0.4, 0.5) is 0 Å². The molecule has 0 spiro atoms. The van der Waals surface area contributed by atoms with E-state index >= 15 is 0 Å². The van der Waals surface area contributed by atoms with Crippen molar-refractivity contribution in [3.05, 3.63) is 15.8 Å². The summed E-state index contributed by atoms with van der Waals surface area (Å²) in [6, 6.07) is 0. The highest BCUT2D eigenvalue weighted by molar-refractivity contribution is 7.89. The van der Waals surface area contributed by atoms with Gasteiger partial charge in [-0.1, -0.05) is 19.8 Å². The molecule has 114 valence electrons. The molecule has 0 saturated heterocycles. The third-order valence-electron chi connectivity index (χ3n) is 4.49. The first-order valence-electron chi connectivity index (χ1n) is 7.21. The molecule has 0 amide bonds. The number of aryl methyl sites for hydroxylation is 1. The molecule has 4 nitrogen and oxygen atoms in total. The Morgan fingerprint density at radius 3 is 2.60 bits per heavy atom. The SMILES string of the molecule is CCC1(CNS(=O)(=O)c2c(C)csc2CN)CCCC1. The molecule has 0 bridgehead atoms. The molecular weight excluding hydrogens is 292 g/mol. The fraction of sp³-hybridized carbons (Fsp3) is 0.714. The first kappa shape index (κ1) is 15.9. The largest absolute Gasteiger partial charge is 0.326 e. The third kappa shape index (κ3) is 3.08. The van der Waals surface area contributed by atoms with Crippen molar-refractivity contribution in [2.75, 3.05) is 6.54 Å². The van der Waals surface area contributed by atoms with Gasteiger partial charge in [-0.05, 0) is 42.5 Å². The van der Waals surface area contributed by atoms with Gasteiger partial charge in [0.15, 0.2) is 0 Å².